The van der Waals surface area contributed by atoms with Gasteiger partial charge in [0.15, 0.2) is 0 Å². The fourth-order valence-electron chi connectivity index (χ4n) is 1.76. The molecule has 0 fully saturated rings. The van der Waals surface area contributed by atoms with Gasteiger partial charge in [-0.05, 0) is 12.1 Å². The predicted molar refractivity (Wildman–Crippen MR) is 57.1 cm³/mol. The van der Waals surface area contributed by atoms with Gasteiger partial charge < -0.3 is 10.1 Å². The molecule has 3 rings (SSSR count). The van der Waals surface area contributed by atoms with Crippen LogP contribution in [0.2, 0.25) is 0 Å². The van der Waals surface area contributed by atoms with E-state index in [2.05, 4.69) is 15.6 Å². The maximum atomic E-state index is 5.72. The van der Waals surface area contributed by atoms with Crippen molar-refractivity contribution in [3.8, 4) is 0 Å². The lowest BCUT2D eigenvalue weighted by Gasteiger charge is -1.93. The van der Waals surface area contributed by atoms with Gasteiger partial charge in [-0.3, -0.25) is 4.98 Å². The second kappa shape index (κ2) is 2.48. The predicted octanol–water partition coefficient (Wildman–Crippen LogP) is 2.07. The third-order valence-corrected chi connectivity index (χ3v) is 2.42. The molecule has 0 bridgehead atoms. The Kier molecular flexibility index (Phi) is 1.31. The summed E-state index contributed by atoms with van der Waals surface area (Å²) in [6.07, 6.45) is 7.63. The molecule has 0 amide bonds. The number of nitrogen functional groups attached to an aromatic ring is 1. The molecular weight excluding hydrogens is 174 g/mol. The lowest BCUT2D eigenvalue weighted by atomic mass is 10.2. The second-order valence-electron chi connectivity index (χ2n) is 3.34. The number of anilines is 1. The molecule has 0 saturated heterocycles. The van der Waals surface area contributed by atoms with E-state index in [9.17, 15) is 0 Å². The fourth-order valence-corrected chi connectivity index (χ4v) is 1.76. The Balaban J connectivity index is 2.57. The average Bonchev–Trinajstić information content (AvgIpc) is 2.54. The van der Waals surface area contributed by atoms with Crippen molar-refractivity contribution in [3.05, 3.63) is 43.0 Å². The summed E-state index contributed by atoms with van der Waals surface area (Å²) in [7, 11) is 0. The Bertz CT molecular complexity index is 610. The summed E-state index contributed by atoms with van der Waals surface area (Å²) in [4.78, 5) is 4.11. The topological polar surface area (TPSA) is 43.3 Å². The quantitative estimate of drug-likeness (QED) is 0.542. The van der Waals surface area contributed by atoms with Gasteiger partial charge in [-0.1, -0.05) is 6.07 Å². The first-order chi connectivity index (χ1) is 6.84. The Morgan fingerprint density at radius 2 is 2.21 bits per heavy atom. The van der Waals surface area contributed by atoms with E-state index in [0.717, 1.165) is 16.6 Å². The number of benzene rings is 1. The third-order valence-electron chi connectivity index (χ3n) is 2.42. The maximum Gasteiger partial charge on any atom is 0.0713 e. The van der Waals surface area contributed by atoms with E-state index in [4.69, 9.17) is 5.73 Å². The van der Waals surface area contributed by atoms with Crippen molar-refractivity contribution in [2.45, 2.75) is 0 Å². The van der Waals surface area contributed by atoms with Crippen LogP contribution in [0.1, 0.15) is 0 Å². The number of hydrogen-bond donors (Lipinski definition) is 1. The summed E-state index contributed by atoms with van der Waals surface area (Å²) in [5, 5.41) is 2.34. The van der Waals surface area contributed by atoms with Crippen molar-refractivity contribution >= 4 is 22.0 Å². The highest BCUT2D eigenvalue weighted by molar-refractivity contribution is 5.98. The Hall–Kier alpha value is -2.03. The molecule has 2 N–H and O–H groups in total. The number of aromatic nitrogens is 2. The van der Waals surface area contributed by atoms with Crippen LogP contribution in [-0.4, -0.2) is 9.38 Å². The Labute approximate surface area is 80.8 Å². The van der Waals surface area contributed by atoms with Crippen molar-refractivity contribution in [2.75, 3.05) is 5.73 Å². The van der Waals surface area contributed by atoms with Crippen LogP contribution >= 0.6 is 0 Å². The SMILES string of the molecule is Nc1ccc2c(c1)cn1ccncc21. The molecular formula is C11H9N3. The normalized spacial score (nSPS) is 11.1. The van der Waals surface area contributed by atoms with Gasteiger partial charge in [0.2, 0.25) is 0 Å². The van der Waals surface area contributed by atoms with Crippen molar-refractivity contribution < 1.29 is 0 Å². The zero-order valence-corrected chi connectivity index (χ0v) is 7.51. The van der Waals surface area contributed by atoms with Gasteiger partial charge in [-0.15, -0.1) is 0 Å². The first-order valence-electron chi connectivity index (χ1n) is 4.44. The highest BCUT2D eigenvalue weighted by Crippen LogP contribution is 2.23. The lowest BCUT2D eigenvalue weighted by molar-refractivity contribution is 1.15. The van der Waals surface area contributed by atoms with Crippen molar-refractivity contribution in [3.63, 3.8) is 0 Å². The molecule has 0 radical (unpaired) electrons. The van der Waals surface area contributed by atoms with Gasteiger partial charge in [0.05, 0.1) is 11.7 Å². The summed E-state index contributed by atoms with van der Waals surface area (Å²) < 4.78 is 2.05. The molecule has 2 heterocycles. The monoisotopic (exact) mass is 183 g/mol. The van der Waals surface area contributed by atoms with E-state index >= 15 is 0 Å². The highest BCUT2D eigenvalue weighted by Gasteiger charge is 2.01. The molecule has 1 aromatic carbocycles. The molecule has 0 spiro atoms. The zero-order chi connectivity index (χ0) is 9.54. The molecule has 14 heavy (non-hydrogen) atoms. The van der Waals surface area contributed by atoms with Crippen LogP contribution in [0.25, 0.3) is 16.3 Å². The van der Waals surface area contributed by atoms with E-state index in [-0.39, 0.29) is 0 Å². The average molecular weight is 183 g/mol. The van der Waals surface area contributed by atoms with Crippen molar-refractivity contribution in [1.82, 2.24) is 9.38 Å². The number of rotatable bonds is 0. The Morgan fingerprint density at radius 3 is 3.14 bits per heavy atom. The van der Waals surface area contributed by atoms with Gasteiger partial charge in [0, 0.05) is 35.1 Å². The number of fused-ring (bicyclic) bond motifs is 3. The summed E-state index contributed by atoms with van der Waals surface area (Å²) >= 11 is 0. The lowest BCUT2D eigenvalue weighted by Crippen LogP contribution is -1.81. The standard InChI is InChI=1S/C11H9N3/c12-9-1-2-10-8(5-9)7-14-4-3-13-6-11(10)14/h1-7H,12H2. The number of hydrogen-bond acceptors (Lipinski definition) is 2. The molecule has 0 aliphatic heterocycles. The molecule has 3 heteroatoms. The number of nitrogens with zero attached hydrogens (tertiary/aromatic N) is 2. The maximum absolute atomic E-state index is 5.72. The van der Waals surface area contributed by atoms with Gasteiger partial charge >= 0.3 is 0 Å². The van der Waals surface area contributed by atoms with Crippen LogP contribution in [0.5, 0.6) is 0 Å². The van der Waals surface area contributed by atoms with Gasteiger partial charge in [0.1, 0.15) is 0 Å². The molecule has 0 unspecified atom stereocenters. The molecule has 3 aromatic rings. The van der Waals surface area contributed by atoms with E-state index in [1.165, 1.54) is 5.39 Å². The number of nitrogens with two attached hydrogens (primary N) is 1. The van der Waals surface area contributed by atoms with Crippen LogP contribution in [0, 0.1) is 0 Å². The first-order valence-corrected chi connectivity index (χ1v) is 4.44. The summed E-state index contributed by atoms with van der Waals surface area (Å²) in [5.41, 5.74) is 7.63. The summed E-state index contributed by atoms with van der Waals surface area (Å²) in [6, 6.07) is 5.92. The summed E-state index contributed by atoms with van der Waals surface area (Å²) in [6.45, 7) is 0. The molecule has 0 aliphatic carbocycles. The van der Waals surface area contributed by atoms with Crippen LogP contribution in [-0.2, 0) is 0 Å². The van der Waals surface area contributed by atoms with Crippen molar-refractivity contribution in [2.24, 2.45) is 0 Å². The van der Waals surface area contributed by atoms with E-state index in [1.54, 1.807) is 6.20 Å². The molecule has 68 valence electrons. The smallest absolute Gasteiger partial charge is 0.0713 e. The Morgan fingerprint density at radius 1 is 1.29 bits per heavy atom. The van der Waals surface area contributed by atoms with E-state index in [1.807, 2.05) is 30.6 Å². The highest BCUT2D eigenvalue weighted by atomic mass is 14.9. The van der Waals surface area contributed by atoms with E-state index in [0.29, 0.717) is 0 Å². The summed E-state index contributed by atoms with van der Waals surface area (Å²) in [5.74, 6) is 0. The minimum atomic E-state index is 0.793. The van der Waals surface area contributed by atoms with Crippen LogP contribution in [0.3, 0.4) is 0 Å². The molecule has 0 atom stereocenters. The van der Waals surface area contributed by atoms with Gasteiger partial charge in [-0.25, -0.2) is 0 Å². The van der Waals surface area contributed by atoms with Gasteiger partial charge in [-0.2, -0.15) is 0 Å². The minimum Gasteiger partial charge on any atom is -0.399 e. The molecule has 3 nitrogen and oxygen atoms in total. The van der Waals surface area contributed by atoms with E-state index < -0.39 is 0 Å². The molecule has 0 aliphatic rings. The van der Waals surface area contributed by atoms with Crippen LogP contribution < -0.4 is 5.73 Å². The van der Waals surface area contributed by atoms with Crippen molar-refractivity contribution in [1.29, 1.82) is 0 Å². The van der Waals surface area contributed by atoms with Crippen LogP contribution in [0.15, 0.2) is 43.0 Å². The first kappa shape index (κ1) is 7.38. The third kappa shape index (κ3) is 0.893. The molecule has 0 saturated carbocycles. The zero-order valence-electron chi connectivity index (χ0n) is 7.51. The largest absolute Gasteiger partial charge is 0.399 e. The fraction of sp³-hybridized carbons (Fsp3) is 0. The van der Waals surface area contributed by atoms with Crippen LogP contribution in [0.4, 0.5) is 5.69 Å². The second-order valence-corrected chi connectivity index (χ2v) is 3.34. The molecule has 2 aromatic heterocycles. The minimum absolute atomic E-state index is 0.793. The van der Waals surface area contributed by atoms with Gasteiger partial charge in [0.25, 0.3) is 0 Å².